The molecule has 0 saturated heterocycles. The first kappa shape index (κ1) is 25.4. The van der Waals surface area contributed by atoms with Crippen LogP contribution in [0.4, 0.5) is 10.5 Å². The summed E-state index contributed by atoms with van der Waals surface area (Å²) in [4.78, 5) is 25.2. The lowest BCUT2D eigenvalue weighted by Crippen LogP contribution is -2.45. The summed E-state index contributed by atoms with van der Waals surface area (Å²) in [5.41, 5.74) is 1.98. The van der Waals surface area contributed by atoms with Crippen LogP contribution in [-0.4, -0.2) is 40.8 Å². The standard InChI is InChI=1S/C24H33BN2O5/c1-24(2,3)32-23(29)27-21(15-8-5-9-16-25(30)31)22(28)26-20-14-10-13-19(17-20)18-11-6-4-7-12-18/h4,6-7,10-14,17,21,30-31H,5,8-9,15-16H2,1-3H3,(H,26,28)(H,27,29). The molecule has 0 bridgehead atoms. The Morgan fingerprint density at radius 3 is 2.31 bits per heavy atom. The highest BCUT2D eigenvalue weighted by atomic mass is 16.6. The van der Waals surface area contributed by atoms with E-state index in [1.54, 1.807) is 26.8 Å². The topological polar surface area (TPSA) is 108 Å². The number of hydrogen-bond donors (Lipinski definition) is 4. The first-order valence-electron chi connectivity index (χ1n) is 11.0. The van der Waals surface area contributed by atoms with Crippen molar-refractivity contribution in [2.75, 3.05) is 5.32 Å². The van der Waals surface area contributed by atoms with Crippen LogP contribution in [-0.2, 0) is 9.53 Å². The Labute approximate surface area is 190 Å². The van der Waals surface area contributed by atoms with Gasteiger partial charge in [0.05, 0.1) is 0 Å². The Bertz CT molecular complexity index is 868. The second kappa shape index (κ2) is 12.3. The van der Waals surface area contributed by atoms with E-state index >= 15 is 0 Å². The molecule has 0 radical (unpaired) electrons. The Morgan fingerprint density at radius 2 is 1.66 bits per heavy atom. The second-order valence-corrected chi connectivity index (χ2v) is 8.75. The van der Waals surface area contributed by atoms with Gasteiger partial charge in [-0.1, -0.05) is 61.7 Å². The van der Waals surface area contributed by atoms with Gasteiger partial charge >= 0.3 is 13.2 Å². The molecule has 1 atom stereocenters. The Hall–Kier alpha value is -2.84. The fourth-order valence-corrected chi connectivity index (χ4v) is 3.21. The zero-order valence-electron chi connectivity index (χ0n) is 19.0. The Balaban J connectivity index is 2.04. The summed E-state index contributed by atoms with van der Waals surface area (Å²) < 4.78 is 5.31. The summed E-state index contributed by atoms with van der Waals surface area (Å²) in [7, 11) is -1.33. The van der Waals surface area contributed by atoms with E-state index in [4.69, 9.17) is 14.8 Å². The zero-order valence-corrected chi connectivity index (χ0v) is 19.0. The van der Waals surface area contributed by atoms with Gasteiger partial charge in [-0.3, -0.25) is 4.79 Å². The normalized spacial score (nSPS) is 12.0. The van der Waals surface area contributed by atoms with Crippen LogP contribution in [0.3, 0.4) is 0 Å². The third kappa shape index (κ3) is 9.53. The van der Waals surface area contributed by atoms with Crippen LogP contribution in [0.1, 0.15) is 46.5 Å². The van der Waals surface area contributed by atoms with Crippen molar-refractivity contribution in [2.24, 2.45) is 0 Å². The molecule has 0 aliphatic carbocycles. The molecule has 0 fully saturated rings. The maximum Gasteiger partial charge on any atom is 0.451 e. The molecule has 32 heavy (non-hydrogen) atoms. The van der Waals surface area contributed by atoms with Gasteiger partial charge in [0, 0.05) is 5.69 Å². The molecular weight excluding hydrogens is 407 g/mol. The molecule has 4 N–H and O–H groups in total. The van der Waals surface area contributed by atoms with Crippen molar-refractivity contribution in [1.29, 1.82) is 0 Å². The number of rotatable bonds is 10. The van der Waals surface area contributed by atoms with Crippen molar-refractivity contribution in [1.82, 2.24) is 5.32 Å². The molecule has 7 nitrogen and oxygen atoms in total. The monoisotopic (exact) mass is 440 g/mol. The molecule has 172 valence electrons. The number of amides is 2. The summed E-state index contributed by atoms with van der Waals surface area (Å²) in [6, 6.07) is 16.6. The largest absolute Gasteiger partial charge is 0.451 e. The maximum atomic E-state index is 13.0. The predicted octanol–water partition coefficient (Wildman–Crippen LogP) is 4.22. The smallest absolute Gasteiger partial charge is 0.444 e. The number of benzene rings is 2. The number of alkyl carbamates (subject to hydrolysis) is 1. The van der Waals surface area contributed by atoms with E-state index in [9.17, 15) is 9.59 Å². The molecular formula is C24H33BN2O5. The second-order valence-electron chi connectivity index (χ2n) is 8.75. The lowest BCUT2D eigenvalue weighted by atomic mass is 9.83. The number of hydrogen-bond acceptors (Lipinski definition) is 5. The first-order valence-corrected chi connectivity index (χ1v) is 11.0. The van der Waals surface area contributed by atoms with Gasteiger partial charge in [0.1, 0.15) is 11.6 Å². The van der Waals surface area contributed by atoms with Crippen LogP contribution in [0.25, 0.3) is 11.1 Å². The summed E-state index contributed by atoms with van der Waals surface area (Å²) in [5, 5.41) is 23.5. The van der Waals surface area contributed by atoms with Crippen molar-refractivity contribution in [2.45, 2.75) is 64.4 Å². The van der Waals surface area contributed by atoms with Gasteiger partial charge in [-0.25, -0.2) is 4.79 Å². The van der Waals surface area contributed by atoms with Crippen LogP contribution in [0.15, 0.2) is 54.6 Å². The quantitative estimate of drug-likeness (QED) is 0.327. The van der Waals surface area contributed by atoms with Crippen molar-refractivity contribution in [3.63, 3.8) is 0 Å². The Morgan fingerprint density at radius 1 is 0.969 bits per heavy atom. The molecule has 1 unspecified atom stereocenters. The van der Waals surface area contributed by atoms with E-state index in [-0.39, 0.29) is 12.2 Å². The molecule has 2 aromatic rings. The molecule has 0 aliphatic rings. The molecule has 2 rings (SSSR count). The highest BCUT2D eigenvalue weighted by Crippen LogP contribution is 2.22. The van der Waals surface area contributed by atoms with Crippen molar-refractivity contribution in [3.8, 4) is 11.1 Å². The average Bonchev–Trinajstić information content (AvgIpc) is 2.72. The molecule has 0 aromatic heterocycles. The summed E-state index contributed by atoms with van der Waals surface area (Å²) in [5.74, 6) is -0.330. The van der Waals surface area contributed by atoms with Gasteiger partial charge < -0.3 is 25.4 Å². The van der Waals surface area contributed by atoms with E-state index < -0.39 is 24.9 Å². The van der Waals surface area contributed by atoms with Gasteiger partial charge in [0.25, 0.3) is 0 Å². The van der Waals surface area contributed by atoms with Crippen molar-refractivity contribution < 1.29 is 24.4 Å². The molecule has 0 aliphatic heterocycles. The van der Waals surface area contributed by atoms with Crippen LogP contribution in [0, 0.1) is 0 Å². The Kier molecular flexibility index (Phi) is 9.75. The molecule has 2 amide bonds. The number of nitrogens with one attached hydrogen (secondary N) is 2. The molecule has 0 heterocycles. The number of unbranched alkanes of at least 4 members (excludes halogenated alkanes) is 2. The number of ether oxygens (including phenoxy) is 1. The van der Waals surface area contributed by atoms with Crippen LogP contribution in [0.5, 0.6) is 0 Å². The van der Waals surface area contributed by atoms with E-state index in [1.165, 1.54) is 0 Å². The zero-order chi connectivity index (χ0) is 23.6. The minimum Gasteiger partial charge on any atom is -0.444 e. The number of carbonyl (C=O) groups is 2. The van der Waals surface area contributed by atoms with Gasteiger partial charge in [-0.05, 0) is 56.8 Å². The average molecular weight is 440 g/mol. The van der Waals surface area contributed by atoms with Gasteiger partial charge in [-0.2, -0.15) is 0 Å². The minimum absolute atomic E-state index is 0.280. The lowest BCUT2D eigenvalue weighted by molar-refractivity contribution is -0.118. The van der Waals surface area contributed by atoms with Crippen LogP contribution in [0.2, 0.25) is 6.32 Å². The maximum absolute atomic E-state index is 13.0. The number of anilines is 1. The van der Waals surface area contributed by atoms with E-state index in [1.807, 2.05) is 48.5 Å². The number of carbonyl (C=O) groups excluding carboxylic acids is 2. The lowest BCUT2D eigenvalue weighted by Gasteiger charge is -2.23. The highest BCUT2D eigenvalue weighted by molar-refractivity contribution is 6.40. The van der Waals surface area contributed by atoms with E-state index in [0.717, 1.165) is 11.1 Å². The predicted molar refractivity (Wildman–Crippen MR) is 127 cm³/mol. The molecule has 0 spiro atoms. The summed E-state index contributed by atoms with van der Waals surface area (Å²) >= 11 is 0. The fourth-order valence-electron chi connectivity index (χ4n) is 3.21. The van der Waals surface area contributed by atoms with Gasteiger partial charge in [0.15, 0.2) is 0 Å². The van der Waals surface area contributed by atoms with E-state index in [2.05, 4.69) is 10.6 Å². The highest BCUT2D eigenvalue weighted by Gasteiger charge is 2.24. The summed E-state index contributed by atoms with van der Waals surface area (Å²) in [6.45, 7) is 5.28. The molecule has 8 heteroatoms. The van der Waals surface area contributed by atoms with Gasteiger partial charge in [0.2, 0.25) is 5.91 Å². The van der Waals surface area contributed by atoms with Gasteiger partial charge in [-0.15, -0.1) is 0 Å². The van der Waals surface area contributed by atoms with Crippen LogP contribution < -0.4 is 10.6 Å². The molecule has 0 saturated carbocycles. The fraction of sp³-hybridized carbons (Fsp3) is 0.417. The van der Waals surface area contributed by atoms with E-state index in [0.29, 0.717) is 31.4 Å². The minimum atomic E-state index is -1.33. The first-order chi connectivity index (χ1) is 15.1. The SMILES string of the molecule is CC(C)(C)OC(=O)NC(CCCCCB(O)O)C(=O)Nc1cccc(-c2ccccc2)c1. The van der Waals surface area contributed by atoms with Crippen LogP contribution >= 0.6 is 0 Å². The van der Waals surface area contributed by atoms with Crippen molar-refractivity contribution >= 4 is 24.8 Å². The molecule has 2 aromatic carbocycles. The third-order valence-electron chi connectivity index (χ3n) is 4.70. The summed E-state index contributed by atoms with van der Waals surface area (Å²) in [6.07, 6.45) is 2.01. The van der Waals surface area contributed by atoms with Crippen molar-refractivity contribution in [3.05, 3.63) is 54.6 Å². The third-order valence-corrected chi connectivity index (χ3v) is 4.70.